The van der Waals surface area contributed by atoms with Crippen molar-refractivity contribution in [2.24, 2.45) is 11.3 Å². The molecule has 1 aromatic heterocycles. The topological polar surface area (TPSA) is 90.5 Å². The summed E-state index contributed by atoms with van der Waals surface area (Å²) >= 11 is 0. The Hall–Kier alpha value is -2.64. The number of nitrogens with one attached hydrogen (secondary N) is 2. The van der Waals surface area contributed by atoms with Crippen LogP contribution in [0.1, 0.15) is 57.2 Å². The van der Waals surface area contributed by atoms with Gasteiger partial charge >= 0.3 is 0 Å². The fraction of sp³-hybridized carbons (Fsp3) is 0.680. The van der Waals surface area contributed by atoms with Gasteiger partial charge in [0.05, 0.1) is 5.69 Å². The maximum Gasteiger partial charge on any atom is 0.245 e. The summed E-state index contributed by atoms with van der Waals surface area (Å²) in [5.74, 6) is 2.22. The molecule has 4 rings (SSSR count). The zero-order chi connectivity index (χ0) is 23.6. The van der Waals surface area contributed by atoms with Crippen LogP contribution in [-0.2, 0) is 22.4 Å². The molecule has 1 spiro atoms. The second-order valence-corrected chi connectivity index (χ2v) is 10.4. The highest BCUT2D eigenvalue weighted by Gasteiger charge is 2.49. The van der Waals surface area contributed by atoms with E-state index in [-0.39, 0.29) is 23.3 Å². The first-order valence-corrected chi connectivity index (χ1v) is 12.4. The van der Waals surface area contributed by atoms with Gasteiger partial charge in [-0.2, -0.15) is 4.98 Å². The van der Waals surface area contributed by atoms with E-state index in [1.54, 1.807) is 7.05 Å². The van der Waals surface area contributed by atoms with Gasteiger partial charge in [0.1, 0.15) is 5.82 Å². The SMILES string of the molecule is C=CC(=O)N1CC2(CCN(c3nc4c(c(N[C@H](CC(=O)NC)CC(C)C)n3)CCCC4)C2)C1. The summed E-state index contributed by atoms with van der Waals surface area (Å²) in [5, 5.41) is 6.40. The normalized spacial score (nSPS) is 19.8. The molecule has 2 amide bonds. The van der Waals surface area contributed by atoms with Crippen LogP contribution < -0.4 is 15.5 Å². The van der Waals surface area contributed by atoms with Crippen molar-refractivity contribution >= 4 is 23.6 Å². The first kappa shape index (κ1) is 23.5. The lowest BCUT2D eigenvalue weighted by molar-refractivity contribution is -0.136. The molecule has 3 heterocycles. The number of amides is 2. The molecule has 180 valence electrons. The highest BCUT2D eigenvalue weighted by molar-refractivity contribution is 5.87. The average molecular weight is 455 g/mol. The number of aromatic nitrogens is 2. The van der Waals surface area contributed by atoms with E-state index in [0.717, 1.165) is 82.2 Å². The van der Waals surface area contributed by atoms with Gasteiger partial charge in [-0.15, -0.1) is 0 Å². The molecule has 2 N–H and O–H groups in total. The minimum atomic E-state index is 0.0166. The molecule has 1 atom stereocenters. The molecule has 8 heteroatoms. The molecule has 1 aromatic rings. The quantitative estimate of drug-likeness (QED) is 0.587. The molecule has 0 unspecified atom stereocenters. The van der Waals surface area contributed by atoms with Crippen LogP contribution in [0.5, 0.6) is 0 Å². The molecule has 33 heavy (non-hydrogen) atoms. The third-order valence-electron chi connectivity index (χ3n) is 7.24. The van der Waals surface area contributed by atoms with E-state index < -0.39 is 0 Å². The standard InChI is InChI=1S/C25H38N6O2/c1-5-22(33)31-15-25(16-31)10-11-30(14-25)24-28-20-9-7-6-8-19(20)23(29-24)27-18(12-17(2)3)13-21(32)26-4/h5,17-18H,1,6-16H2,2-4H3,(H,26,32)(H,27,28,29)/t18-/m0/s1. The van der Waals surface area contributed by atoms with Gasteiger partial charge < -0.3 is 20.4 Å². The zero-order valence-electron chi connectivity index (χ0n) is 20.3. The molecule has 0 aromatic carbocycles. The second-order valence-electron chi connectivity index (χ2n) is 10.4. The first-order valence-electron chi connectivity index (χ1n) is 12.4. The Morgan fingerprint density at radius 2 is 1.94 bits per heavy atom. The summed E-state index contributed by atoms with van der Waals surface area (Å²) in [6, 6.07) is 0.0359. The highest BCUT2D eigenvalue weighted by Crippen LogP contribution is 2.41. The van der Waals surface area contributed by atoms with Crippen LogP contribution in [0.4, 0.5) is 11.8 Å². The van der Waals surface area contributed by atoms with Crippen molar-refractivity contribution in [3.63, 3.8) is 0 Å². The van der Waals surface area contributed by atoms with Gasteiger partial charge in [0, 0.05) is 56.7 Å². The Morgan fingerprint density at radius 1 is 1.18 bits per heavy atom. The van der Waals surface area contributed by atoms with Crippen molar-refractivity contribution in [1.29, 1.82) is 0 Å². The van der Waals surface area contributed by atoms with Gasteiger partial charge in [0.15, 0.2) is 0 Å². The van der Waals surface area contributed by atoms with Gasteiger partial charge in [-0.25, -0.2) is 4.98 Å². The van der Waals surface area contributed by atoms with E-state index in [2.05, 4.69) is 36.0 Å². The Balaban J connectivity index is 1.54. The van der Waals surface area contributed by atoms with E-state index in [0.29, 0.717) is 12.3 Å². The lowest BCUT2D eigenvalue weighted by Gasteiger charge is -2.47. The smallest absolute Gasteiger partial charge is 0.245 e. The van der Waals surface area contributed by atoms with Gasteiger partial charge in [-0.1, -0.05) is 20.4 Å². The first-order chi connectivity index (χ1) is 15.8. The third kappa shape index (κ3) is 5.14. The minimum absolute atomic E-state index is 0.0166. The van der Waals surface area contributed by atoms with Gasteiger partial charge in [0.2, 0.25) is 17.8 Å². The van der Waals surface area contributed by atoms with Crippen LogP contribution in [0.3, 0.4) is 0 Å². The van der Waals surface area contributed by atoms with Crippen LogP contribution in [0.15, 0.2) is 12.7 Å². The summed E-state index contributed by atoms with van der Waals surface area (Å²) in [4.78, 5) is 38.2. The molecular formula is C25H38N6O2. The fourth-order valence-corrected chi connectivity index (χ4v) is 5.54. The maximum atomic E-state index is 12.1. The van der Waals surface area contributed by atoms with Crippen molar-refractivity contribution in [1.82, 2.24) is 20.2 Å². The fourth-order valence-electron chi connectivity index (χ4n) is 5.54. The summed E-state index contributed by atoms with van der Waals surface area (Å²) < 4.78 is 0. The zero-order valence-corrected chi connectivity index (χ0v) is 20.3. The van der Waals surface area contributed by atoms with E-state index in [1.165, 1.54) is 11.6 Å². The van der Waals surface area contributed by atoms with Crippen molar-refractivity contribution in [3.8, 4) is 0 Å². The van der Waals surface area contributed by atoms with E-state index in [9.17, 15) is 9.59 Å². The van der Waals surface area contributed by atoms with Crippen molar-refractivity contribution < 1.29 is 9.59 Å². The van der Waals surface area contributed by atoms with Gasteiger partial charge in [0.25, 0.3) is 0 Å². The van der Waals surface area contributed by atoms with Crippen molar-refractivity contribution in [2.45, 2.75) is 64.8 Å². The number of hydrogen-bond acceptors (Lipinski definition) is 6. The summed E-state index contributed by atoms with van der Waals surface area (Å²) in [6.07, 6.45) is 8.04. The Kier molecular flexibility index (Phi) is 6.91. The number of nitrogens with zero attached hydrogens (tertiary/aromatic N) is 4. The van der Waals surface area contributed by atoms with Gasteiger partial charge in [-0.05, 0) is 50.5 Å². The molecule has 0 radical (unpaired) electrons. The van der Waals surface area contributed by atoms with Gasteiger partial charge in [-0.3, -0.25) is 9.59 Å². The number of rotatable bonds is 8. The van der Waals surface area contributed by atoms with E-state index in [4.69, 9.17) is 9.97 Å². The molecule has 0 saturated carbocycles. The lowest BCUT2D eigenvalue weighted by atomic mass is 9.79. The molecule has 8 nitrogen and oxygen atoms in total. The summed E-state index contributed by atoms with van der Waals surface area (Å²) in [5.41, 5.74) is 2.51. The molecular weight excluding hydrogens is 416 g/mol. The monoisotopic (exact) mass is 454 g/mol. The predicted molar refractivity (Wildman–Crippen MR) is 130 cm³/mol. The molecule has 3 aliphatic rings. The molecule has 1 aliphatic carbocycles. The van der Waals surface area contributed by atoms with Crippen LogP contribution in [0, 0.1) is 11.3 Å². The number of carbonyl (C=O) groups is 2. The number of carbonyl (C=O) groups excluding carboxylic acids is 2. The van der Waals surface area contributed by atoms with Crippen LogP contribution in [-0.4, -0.2) is 66.0 Å². The number of aryl methyl sites for hydroxylation is 1. The summed E-state index contributed by atoms with van der Waals surface area (Å²) in [7, 11) is 1.69. The van der Waals surface area contributed by atoms with E-state index >= 15 is 0 Å². The summed E-state index contributed by atoms with van der Waals surface area (Å²) in [6.45, 7) is 11.3. The molecule has 2 aliphatic heterocycles. The average Bonchev–Trinajstić information content (AvgIpc) is 3.23. The number of hydrogen-bond donors (Lipinski definition) is 2. The Bertz CT molecular complexity index is 908. The van der Waals surface area contributed by atoms with Crippen molar-refractivity contribution in [2.75, 3.05) is 43.4 Å². The number of likely N-dealkylation sites (tertiary alicyclic amines) is 1. The third-order valence-corrected chi connectivity index (χ3v) is 7.24. The molecule has 0 bridgehead atoms. The Morgan fingerprint density at radius 3 is 2.64 bits per heavy atom. The lowest BCUT2D eigenvalue weighted by Crippen LogP contribution is -2.59. The Labute approximate surface area is 197 Å². The minimum Gasteiger partial charge on any atom is -0.366 e. The highest BCUT2D eigenvalue weighted by atomic mass is 16.2. The van der Waals surface area contributed by atoms with E-state index in [1.807, 2.05) is 4.90 Å². The number of fused-ring (bicyclic) bond motifs is 1. The second kappa shape index (κ2) is 9.69. The van der Waals surface area contributed by atoms with Crippen LogP contribution in [0.25, 0.3) is 0 Å². The molecule has 2 saturated heterocycles. The van der Waals surface area contributed by atoms with Crippen molar-refractivity contribution in [3.05, 3.63) is 23.9 Å². The maximum absolute atomic E-state index is 12.1. The molecule has 2 fully saturated rings. The number of anilines is 2. The van der Waals surface area contributed by atoms with Crippen LogP contribution in [0.2, 0.25) is 0 Å². The largest absolute Gasteiger partial charge is 0.366 e. The van der Waals surface area contributed by atoms with Crippen LogP contribution >= 0.6 is 0 Å². The predicted octanol–water partition coefficient (Wildman–Crippen LogP) is 2.54.